The molecule has 2 heterocycles. The van der Waals surface area contributed by atoms with Gasteiger partial charge in [-0.25, -0.2) is 0 Å². The zero-order valence-electron chi connectivity index (χ0n) is 7.83. The molecule has 0 saturated carbocycles. The van der Waals surface area contributed by atoms with Crippen molar-refractivity contribution in [3.05, 3.63) is 42.0 Å². The highest BCUT2D eigenvalue weighted by Gasteiger charge is 2.03. The van der Waals surface area contributed by atoms with Gasteiger partial charge in [-0.2, -0.15) is 0 Å². The van der Waals surface area contributed by atoms with Gasteiger partial charge in [-0.05, 0) is 37.6 Å². The third-order valence-electron chi connectivity index (χ3n) is 2.14. The van der Waals surface area contributed by atoms with Gasteiger partial charge in [-0.3, -0.25) is 4.98 Å². The molecule has 13 heavy (non-hydrogen) atoms. The molecule has 2 aromatic rings. The second-order valence-corrected chi connectivity index (χ2v) is 3.23. The second kappa shape index (κ2) is 3.05. The lowest BCUT2D eigenvalue weighted by Gasteiger charge is -1.97. The van der Waals surface area contributed by atoms with Crippen molar-refractivity contribution in [3.63, 3.8) is 0 Å². The highest BCUT2D eigenvalue weighted by Crippen LogP contribution is 2.22. The van der Waals surface area contributed by atoms with Crippen molar-refractivity contribution >= 4 is 0 Å². The highest BCUT2D eigenvalue weighted by atomic mass is 14.7. The van der Waals surface area contributed by atoms with E-state index in [2.05, 4.69) is 29.9 Å². The van der Waals surface area contributed by atoms with Gasteiger partial charge >= 0.3 is 0 Å². The molecule has 0 bridgehead atoms. The average molecular weight is 172 g/mol. The number of nitrogens with one attached hydrogen (secondary N) is 1. The summed E-state index contributed by atoms with van der Waals surface area (Å²) in [6.07, 6.45) is 3.63. The van der Waals surface area contributed by atoms with Crippen LogP contribution in [0.15, 0.2) is 30.6 Å². The van der Waals surface area contributed by atoms with Crippen LogP contribution in [0, 0.1) is 13.8 Å². The lowest BCUT2D eigenvalue weighted by Crippen LogP contribution is -1.78. The van der Waals surface area contributed by atoms with Crippen LogP contribution in [0.3, 0.4) is 0 Å². The van der Waals surface area contributed by atoms with Crippen LogP contribution < -0.4 is 0 Å². The first kappa shape index (κ1) is 8.05. The van der Waals surface area contributed by atoms with Crippen LogP contribution >= 0.6 is 0 Å². The summed E-state index contributed by atoms with van der Waals surface area (Å²) in [5, 5.41) is 0. The van der Waals surface area contributed by atoms with Gasteiger partial charge < -0.3 is 4.98 Å². The number of pyridine rings is 1. The number of hydrogen-bond acceptors (Lipinski definition) is 1. The first-order valence-corrected chi connectivity index (χ1v) is 4.34. The van der Waals surface area contributed by atoms with Crippen molar-refractivity contribution in [2.45, 2.75) is 13.8 Å². The maximum absolute atomic E-state index is 4.00. The summed E-state index contributed by atoms with van der Waals surface area (Å²) in [7, 11) is 0. The molecular formula is C11H12N2. The molecule has 0 saturated heterocycles. The minimum atomic E-state index is 1.20. The van der Waals surface area contributed by atoms with Crippen LogP contribution in [0.25, 0.3) is 11.1 Å². The van der Waals surface area contributed by atoms with E-state index in [0.29, 0.717) is 0 Å². The minimum absolute atomic E-state index is 1.20. The molecule has 66 valence electrons. The molecule has 1 N–H and O–H groups in total. The Kier molecular flexibility index (Phi) is 1.89. The van der Waals surface area contributed by atoms with E-state index in [1.165, 1.54) is 22.5 Å². The van der Waals surface area contributed by atoms with Crippen LogP contribution in [0.2, 0.25) is 0 Å². The molecule has 0 aliphatic rings. The zero-order valence-corrected chi connectivity index (χ0v) is 7.83. The number of hydrogen-bond donors (Lipinski definition) is 1. The average Bonchev–Trinajstić information content (AvgIpc) is 2.47. The quantitative estimate of drug-likeness (QED) is 0.704. The number of aromatic amines is 1. The summed E-state index contributed by atoms with van der Waals surface area (Å²) < 4.78 is 0. The summed E-state index contributed by atoms with van der Waals surface area (Å²) in [6.45, 7) is 4.15. The van der Waals surface area contributed by atoms with E-state index in [0.717, 1.165) is 0 Å². The molecule has 0 fully saturated rings. The van der Waals surface area contributed by atoms with E-state index >= 15 is 0 Å². The van der Waals surface area contributed by atoms with Crippen molar-refractivity contribution in [1.82, 2.24) is 9.97 Å². The van der Waals surface area contributed by atoms with Gasteiger partial charge in [0.05, 0.1) is 0 Å². The molecule has 2 heteroatoms. The fourth-order valence-electron chi connectivity index (χ4n) is 1.56. The Morgan fingerprint density at radius 3 is 2.38 bits per heavy atom. The Bertz CT molecular complexity index is 401. The van der Waals surface area contributed by atoms with E-state index < -0.39 is 0 Å². The summed E-state index contributed by atoms with van der Waals surface area (Å²) in [6, 6.07) is 6.20. The second-order valence-electron chi connectivity index (χ2n) is 3.23. The Hall–Kier alpha value is -1.57. The molecule has 0 atom stereocenters. The molecule has 2 rings (SSSR count). The molecule has 2 nitrogen and oxygen atoms in total. The largest absolute Gasteiger partial charge is 0.362 e. The van der Waals surface area contributed by atoms with E-state index in [1.54, 1.807) is 0 Å². The maximum Gasteiger partial charge on any atom is 0.0273 e. The third kappa shape index (κ3) is 1.47. The van der Waals surface area contributed by atoms with E-state index in [4.69, 9.17) is 0 Å². The Morgan fingerprint density at radius 1 is 1.15 bits per heavy atom. The fraction of sp³-hybridized carbons (Fsp3) is 0.182. The smallest absolute Gasteiger partial charge is 0.0273 e. The molecule has 0 aliphatic heterocycles. The summed E-state index contributed by atoms with van der Waals surface area (Å²) in [5.74, 6) is 0. The molecule has 0 aliphatic carbocycles. The monoisotopic (exact) mass is 172 g/mol. The van der Waals surface area contributed by atoms with Crippen molar-refractivity contribution < 1.29 is 0 Å². The van der Waals surface area contributed by atoms with Gasteiger partial charge in [0.15, 0.2) is 0 Å². The predicted molar refractivity (Wildman–Crippen MR) is 53.5 cm³/mol. The fourth-order valence-corrected chi connectivity index (χ4v) is 1.56. The Labute approximate surface area is 77.6 Å². The lowest BCUT2D eigenvalue weighted by atomic mass is 10.1. The minimum Gasteiger partial charge on any atom is -0.362 e. The van der Waals surface area contributed by atoms with Gasteiger partial charge in [0.1, 0.15) is 0 Å². The molecule has 0 radical (unpaired) electrons. The van der Waals surface area contributed by atoms with Crippen LogP contribution in [-0.2, 0) is 0 Å². The van der Waals surface area contributed by atoms with Crippen LogP contribution in [-0.4, -0.2) is 9.97 Å². The van der Waals surface area contributed by atoms with Gasteiger partial charge in [-0.15, -0.1) is 0 Å². The lowest BCUT2D eigenvalue weighted by molar-refractivity contribution is 1.19. The van der Waals surface area contributed by atoms with Crippen molar-refractivity contribution in [1.29, 1.82) is 0 Å². The Balaban J connectivity index is 2.53. The number of H-pyrrole nitrogens is 1. The SMILES string of the molecule is Cc1cc(-c2ccncc2)c(C)[nH]1. The number of nitrogens with zero attached hydrogens (tertiary/aromatic N) is 1. The first-order chi connectivity index (χ1) is 6.27. The normalized spacial score (nSPS) is 10.3. The highest BCUT2D eigenvalue weighted by molar-refractivity contribution is 5.66. The predicted octanol–water partition coefficient (Wildman–Crippen LogP) is 2.69. The van der Waals surface area contributed by atoms with Crippen molar-refractivity contribution in [2.24, 2.45) is 0 Å². The van der Waals surface area contributed by atoms with E-state index in [-0.39, 0.29) is 0 Å². The van der Waals surface area contributed by atoms with Gasteiger partial charge in [0, 0.05) is 29.3 Å². The van der Waals surface area contributed by atoms with Crippen LogP contribution in [0.4, 0.5) is 0 Å². The van der Waals surface area contributed by atoms with Gasteiger partial charge in [0.25, 0.3) is 0 Å². The summed E-state index contributed by atoms with van der Waals surface area (Å²) in [5.41, 5.74) is 4.89. The molecule has 0 aromatic carbocycles. The molecule has 0 amide bonds. The molecule has 0 unspecified atom stereocenters. The molecule has 2 aromatic heterocycles. The number of aromatic nitrogens is 2. The van der Waals surface area contributed by atoms with Crippen LogP contribution in [0.5, 0.6) is 0 Å². The van der Waals surface area contributed by atoms with Crippen LogP contribution in [0.1, 0.15) is 11.4 Å². The first-order valence-electron chi connectivity index (χ1n) is 4.34. The van der Waals surface area contributed by atoms with Crippen molar-refractivity contribution in [2.75, 3.05) is 0 Å². The topological polar surface area (TPSA) is 28.7 Å². The number of rotatable bonds is 1. The molecular weight excluding hydrogens is 160 g/mol. The summed E-state index contributed by atoms with van der Waals surface area (Å²) in [4.78, 5) is 7.28. The maximum atomic E-state index is 4.00. The Morgan fingerprint density at radius 2 is 1.85 bits per heavy atom. The molecule has 0 spiro atoms. The van der Waals surface area contributed by atoms with Gasteiger partial charge in [-0.1, -0.05) is 0 Å². The van der Waals surface area contributed by atoms with Gasteiger partial charge in [0.2, 0.25) is 0 Å². The number of aryl methyl sites for hydroxylation is 2. The summed E-state index contributed by atoms with van der Waals surface area (Å²) >= 11 is 0. The standard InChI is InChI=1S/C11H12N2/c1-8-7-11(9(2)13-8)10-3-5-12-6-4-10/h3-7,13H,1-2H3. The zero-order chi connectivity index (χ0) is 9.26. The van der Waals surface area contributed by atoms with Crippen molar-refractivity contribution in [3.8, 4) is 11.1 Å². The van der Waals surface area contributed by atoms with E-state index in [1.807, 2.05) is 24.5 Å². The third-order valence-corrected chi connectivity index (χ3v) is 2.14. The van der Waals surface area contributed by atoms with E-state index in [9.17, 15) is 0 Å².